The third-order valence-corrected chi connectivity index (χ3v) is 3.82. The molecule has 2 aromatic rings. The van der Waals surface area contributed by atoms with Crippen LogP contribution in [0.25, 0.3) is 0 Å². The van der Waals surface area contributed by atoms with Crippen LogP contribution in [0.4, 0.5) is 0 Å². The average molecular weight is 268 g/mol. The first-order valence-corrected chi connectivity index (χ1v) is 7.35. The Balaban J connectivity index is 2.50. The van der Waals surface area contributed by atoms with Gasteiger partial charge in [-0.1, -0.05) is 25.1 Å². The van der Waals surface area contributed by atoms with Gasteiger partial charge in [-0.15, -0.1) is 0 Å². The van der Waals surface area contributed by atoms with Crippen LogP contribution in [0.15, 0.2) is 36.7 Å². The van der Waals surface area contributed by atoms with E-state index in [4.69, 9.17) is 0 Å². The third-order valence-electron chi connectivity index (χ3n) is 3.82. The maximum absolute atomic E-state index is 4.32. The van der Waals surface area contributed by atoms with E-state index in [0.717, 1.165) is 13.0 Å². The zero-order valence-corrected chi connectivity index (χ0v) is 12.9. The molecule has 2 nitrogen and oxygen atoms in total. The van der Waals surface area contributed by atoms with Gasteiger partial charge in [0.05, 0.1) is 6.04 Å². The second-order valence-corrected chi connectivity index (χ2v) is 5.42. The van der Waals surface area contributed by atoms with E-state index in [2.05, 4.69) is 62.3 Å². The molecule has 1 unspecified atom stereocenters. The first-order chi connectivity index (χ1) is 9.65. The maximum Gasteiger partial charge on any atom is 0.0599 e. The zero-order valence-electron chi connectivity index (χ0n) is 12.9. The Morgan fingerprint density at radius 3 is 2.35 bits per heavy atom. The summed E-state index contributed by atoms with van der Waals surface area (Å²) < 4.78 is 0. The summed E-state index contributed by atoms with van der Waals surface area (Å²) in [5, 5.41) is 3.68. The molecule has 1 aromatic carbocycles. The van der Waals surface area contributed by atoms with E-state index in [9.17, 15) is 0 Å². The number of aromatic nitrogens is 1. The van der Waals surface area contributed by atoms with Gasteiger partial charge in [0, 0.05) is 12.4 Å². The molecule has 20 heavy (non-hydrogen) atoms. The summed E-state index contributed by atoms with van der Waals surface area (Å²) in [6.07, 6.45) is 4.98. The lowest BCUT2D eigenvalue weighted by Crippen LogP contribution is -2.25. The molecular weight excluding hydrogens is 244 g/mol. The fraction of sp³-hybridized carbons (Fsp3) is 0.389. The minimum atomic E-state index is 0.227. The van der Waals surface area contributed by atoms with Crippen LogP contribution in [0.1, 0.15) is 47.2 Å². The highest BCUT2D eigenvalue weighted by molar-refractivity contribution is 5.43. The maximum atomic E-state index is 4.32. The summed E-state index contributed by atoms with van der Waals surface area (Å²) in [6.45, 7) is 9.74. The van der Waals surface area contributed by atoms with Crippen molar-refractivity contribution >= 4 is 0 Å². The van der Waals surface area contributed by atoms with Crippen LogP contribution in [0, 0.1) is 20.8 Å². The Bertz CT molecular complexity index is 555. The van der Waals surface area contributed by atoms with Gasteiger partial charge in [0.25, 0.3) is 0 Å². The standard InChI is InChI=1S/C18H24N2/c1-5-10-20-18(16-12-19-11-9-13(16)2)17-14(3)7-6-8-15(17)4/h6-9,11-12,18,20H,5,10H2,1-4H3. The van der Waals surface area contributed by atoms with Crippen LogP contribution in [0.2, 0.25) is 0 Å². The normalized spacial score (nSPS) is 12.4. The Morgan fingerprint density at radius 2 is 1.75 bits per heavy atom. The van der Waals surface area contributed by atoms with Gasteiger partial charge in [-0.2, -0.15) is 0 Å². The van der Waals surface area contributed by atoms with Gasteiger partial charge < -0.3 is 5.32 Å². The van der Waals surface area contributed by atoms with Crippen LogP contribution in [-0.4, -0.2) is 11.5 Å². The Morgan fingerprint density at radius 1 is 1.05 bits per heavy atom. The largest absolute Gasteiger partial charge is 0.306 e. The molecule has 1 N–H and O–H groups in total. The van der Waals surface area contributed by atoms with Crippen molar-refractivity contribution in [2.45, 2.75) is 40.2 Å². The number of nitrogens with zero attached hydrogens (tertiary/aromatic N) is 1. The predicted octanol–water partition coefficient (Wildman–Crippen LogP) is 4.10. The van der Waals surface area contributed by atoms with Crippen LogP contribution < -0.4 is 5.32 Å². The number of hydrogen-bond acceptors (Lipinski definition) is 2. The van der Waals surface area contributed by atoms with E-state index in [-0.39, 0.29) is 6.04 Å². The number of nitrogens with one attached hydrogen (secondary N) is 1. The smallest absolute Gasteiger partial charge is 0.0599 e. The molecule has 0 saturated heterocycles. The van der Waals surface area contributed by atoms with Crippen molar-refractivity contribution in [1.82, 2.24) is 10.3 Å². The zero-order chi connectivity index (χ0) is 14.5. The number of aryl methyl sites for hydroxylation is 3. The molecule has 2 rings (SSSR count). The lowest BCUT2D eigenvalue weighted by Gasteiger charge is -2.24. The third kappa shape index (κ3) is 3.07. The number of rotatable bonds is 5. The molecule has 0 saturated carbocycles. The molecule has 1 aromatic heterocycles. The second-order valence-electron chi connectivity index (χ2n) is 5.42. The summed E-state index contributed by atoms with van der Waals surface area (Å²) in [6, 6.07) is 8.82. The van der Waals surface area contributed by atoms with Crippen molar-refractivity contribution in [2.24, 2.45) is 0 Å². The van der Waals surface area contributed by atoms with Gasteiger partial charge in [-0.05, 0) is 67.6 Å². The summed E-state index contributed by atoms with van der Waals surface area (Å²) >= 11 is 0. The summed E-state index contributed by atoms with van der Waals surface area (Å²) in [5.41, 5.74) is 6.62. The lowest BCUT2D eigenvalue weighted by atomic mass is 9.90. The fourth-order valence-corrected chi connectivity index (χ4v) is 2.72. The van der Waals surface area contributed by atoms with E-state index in [0.29, 0.717) is 0 Å². The van der Waals surface area contributed by atoms with Crippen LogP contribution in [-0.2, 0) is 0 Å². The van der Waals surface area contributed by atoms with Gasteiger partial charge in [0.1, 0.15) is 0 Å². The molecule has 0 amide bonds. The van der Waals surface area contributed by atoms with E-state index in [1.807, 2.05) is 12.4 Å². The number of benzene rings is 1. The molecule has 2 heteroatoms. The first kappa shape index (κ1) is 14.7. The first-order valence-electron chi connectivity index (χ1n) is 7.35. The minimum Gasteiger partial charge on any atom is -0.306 e. The van der Waals surface area contributed by atoms with Crippen LogP contribution in [0.3, 0.4) is 0 Å². The van der Waals surface area contributed by atoms with Gasteiger partial charge in [0.2, 0.25) is 0 Å². The van der Waals surface area contributed by atoms with Crippen molar-refractivity contribution in [2.75, 3.05) is 6.54 Å². The molecule has 0 aliphatic carbocycles. The van der Waals surface area contributed by atoms with Crippen molar-refractivity contribution in [3.8, 4) is 0 Å². The number of pyridine rings is 1. The van der Waals surface area contributed by atoms with Crippen molar-refractivity contribution < 1.29 is 0 Å². The summed E-state index contributed by atoms with van der Waals surface area (Å²) in [5.74, 6) is 0. The van der Waals surface area contributed by atoms with Crippen molar-refractivity contribution in [3.63, 3.8) is 0 Å². The van der Waals surface area contributed by atoms with Gasteiger partial charge in [0.15, 0.2) is 0 Å². The van der Waals surface area contributed by atoms with Crippen LogP contribution >= 0.6 is 0 Å². The summed E-state index contributed by atoms with van der Waals surface area (Å²) in [7, 11) is 0. The van der Waals surface area contributed by atoms with Gasteiger partial charge >= 0.3 is 0 Å². The molecule has 0 spiro atoms. The Kier molecular flexibility index (Phi) is 4.91. The monoisotopic (exact) mass is 268 g/mol. The SMILES string of the molecule is CCCNC(c1cnccc1C)c1c(C)cccc1C. The van der Waals surface area contributed by atoms with E-state index >= 15 is 0 Å². The van der Waals surface area contributed by atoms with Crippen LogP contribution in [0.5, 0.6) is 0 Å². The molecule has 0 radical (unpaired) electrons. The Labute approximate surface area is 122 Å². The minimum absolute atomic E-state index is 0.227. The molecule has 1 atom stereocenters. The average Bonchev–Trinajstić information content (AvgIpc) is 2.43. The van der Waals surface area contributed by atoms with Crippen molar-refractivity contribution in [3.05, 3.63) is 64.5 Å². The highest BCUT2D eigenvalue weighted by Gasteiger charge is 2.19. The highest BCUT2D eigenvalue weighted by atomic mass is 14.9. The highest BCUT2D eigenvalue weighted by Crippen LogP contribution is 2.29. The molecule has 0 aliphatic heterocycles. The van der Waals surface area contributed by atoms with E-state index < -0.39 is 0 Å². The molecule has 106 valence electrons. The second kappa shape index (κ2) is 6.67. The molecule has 0 fully saturated rings. The van der Waals surface area contributed by atoms with Gasteiger partial charge in [-0.3, -0.25) is 4.98 Å². The molecular formula is C18H24N2. The fourth-order valence-electron chi connectivity index (χ4n) is 2.72. The lowest BCUT2D eigenvalue weighted by molar-refractivity contribution is 0.590. The van der Waals surface area contributed by atoms with E-state index in [1.165, 1.54) is 27.8 Å². The molecule has 0 bridgehead atoms. The molecule has 1 heterocycles. The van der Waals surface area contributed by atoms with E-state index in [1.54, 1.807) is 0 Å². The quantitative estimate of drug-likeness (QED) is 0.883. The van der Waals surface area contributed by atoms with Crippen molar-refractivity contribution in [1.29, 1.82) is 0 Å². The Hall–Kier alpha value is -1.67. The predicted molar refractivity (Wildman–Crippen MR) is 85.0 cm³/mol. The summed E-state index contributed by atoms with van der Waals surface area (Å²) in [4.78, 5) is 4.32. The number of hydrogen-bond donors (Lipinski definition) is 1. The topological polar surface area (TPSA) is 24.9 Å². The van der Waals surface area contributed by atoms with Gasteiger partial charge in [-0.25, -0.2) is 0 Å². The molecule has 0 aliphatic rings.